The number of anilines is 1. The predicted molar refractivity (Wildman–Crippen MR) is 65.7 cm³/mol. The lowest BCUT2D eigenvalue weighted by molar-refractivity contribution is 0.721. The zero-order valence-electron chi connectivity index (χ0n) is 9.01. The van der Waals surface area contributed by atoms with E-state index in [1.165, 1.54) is 0 Å². The second-order valence-electron chi connectivity index (χ2n) is 3.80. The Morgan fingerprint density at radius 2 is 1.88 bits per heavy atom. The number of nitrogens with two attached hydrogens (primary N) is 2. The monoisotopic (exact) mass is 213 g/mol. The number of rotatable bonds is 3. The molecule has 0 aliphatic carbocycles. The summed E-state index contributed by atoms with van der Waals surface area (Å²) >= 11 is 0. The van der Waals surface area contributed by atoms with Crippen LogP contribution in [0.2, 0.25) is 0 Å². The van der Waals surface area contributed by atoms with Gasteiger partial charge in [0.2, 0.25) is 0 Å². The summed E-state index contributed by atoms with van der Waals surface area (Å²) in [5.74, 6) is 0. The van der Waals surface area contributed by atoms with Crippen molar-refractivity contribution in [3.8, 4) is 0 Å². The fourth-order valence-electron chi connectivity index (χ4n) is 1.66. The average molecular weight is 213 g/mol. The summed E-state index contributed by atoms with van der Waals surface area (Å²) in [5.41, 5.74) is 14.8. The third-order valence-corrected chi connectivity index (χ3v) is 2.61. The summed E-state index contributed by atoms with van der Waals surface area (Å²) in [6.07, 6.45) is 4.18. The highest BCUT2D eigenvalue weighted by Crippen LogP contribution is 2.18. The summed E-state index contributed by atoms with van der Waals surface area (Å²) in [6, 6.07) is 11.8. The van der Waals surface area contributed by atoms with Crippen LogP contribution in [0.3, 0.4) is 0 Å². The van der Waals surface area contributed by atoms with Crippen LogP contribution in [-0.4, -0.2) is 4.98 Å². The van der Waals surface area contributed by atoms with Crippen molar-refractivity contribution in [2.45, 2.75) is 12.5 Å². The maximum absolute atomic E-state index is 6.11. The summed E-state index contributed by atoms with van der Waals surface area (Å²) < 4.78 is 0. The lowest BCUT2D eigenvalue weighted by Crippen LogP contribution is -2.14. The Bertz CT molecular complexity index is 454. The van der Waals surface area contributed by atoms with Gasteiger partial charge in [-0.05, 0) is 23.6 Å². The number of nitrogen functional groups attached to an aromatic ring is 1. The van der Waals surface area contributed by atoms with E-state index < -0.39 is 0 Å². The molecule has 1 unspecified atom stereocenters. The van der Waals surface area contributed by atoms with E-state index in [0.29, 0.717) is 6.42 Å². The number of nitrogens with zero attached hydrogens (tertiary/aromatic N) is 1. The molecule has 2 rings (SSSR count). The zero-order chi connectivity index (χ0) is 11.4. The van der Waals surface area contributed by atoms with E-state index in [-0.39, 0.29) is 6.04 Å². The van der Waals surface area contributed by atoms with Crippen LogP contribution in [-0.2, 0) is 6.42 Å². The normalized spacial score (nSPS) is 12.3. The van der Waals surface area contributed by atoms with Gasteiger partial charge in [0.1, 0.15) is 0 Å². The van der Waals surface area contributed by atoms with E-state index in [0.717, 1.165) is 16.8 Å². The minimum Gasteiger partial charge on any atom is -0.398 e. The van der Waals surface area contributed by atoms with E-state index in [2.05, 4.69) is 4.98 Å². The van der Waals surface area contributed by atoms with Crippen molar-refractivity contribution in [3.05, 3.63) is 59.9 Å². The molecule has 0 bridgehead atoms. The van der Waals surface area contributed by atoms with Gasteiger partial charge in [-0.25, -0.2) is 0 Å². The molecule has 0 fully saturated rings. The van der Waals surface area contributed by atoms with E-state index in [1.54, 1.807) is 18.5 Å². The van der Waals surface area contributed by atoms with Crippen LogP contribution < -0.4 is 11.5 Å². The summed E-state index contributed by atoms with van der Waals surface area (Å²) in [7, 11) is 0. The molecule has 1 aromatic heterocycles. The first-order chi connectivity index (χ1) is 7.77. The van der Waals surface area contributed by atoms with Gasteiger partial charge in [0.05, 0.1) is 0 Å². The number of pyridine rings is 1. The lowest BCUT2D eigenvalue weighted by atomic mass is 10.00. The first-order valence-electron chi connectivity index (χ1n) is 5.26. The molecule has 3 heteroatoms. The third-order valence-electron chi connectivity index (χ3n) is 2.61. The Hall–Kier alpha value is -1.87. The third kappa shape index (κ3) is 2.38. The predicted octanol–water partition coefficient (Wildman–Crippen LogP) is 1.91. The largest absolute Gasteiger partial charge is 0.398 e. The van der Waals surface area contributed by atoms with Crippen molar-refractivity contribution in [1.82, 2.24) is 4.98 Å². The summed E-state index contributed by atoms with van der Waals surface area (Å²) in [5, 5.41) is 0. The fraction of sp³-hybridized carbons (Fsp3) is 0.154. The number of hydrogen-bond acceptors (Lipinski definition) is 3. The summed E-state index contributed by atoms with van der Waals surface area (Å²) in [6.45, 7) is 0. The smallest absolute Gasteiger partial charge is 0.0378 e. The van der Waals surface area contributed by atoms with Crippen LogP contribution in [0, 0.1) is 0 Å². The first-order valence-corrected chi connectivity index (χ1v) is 5.26. The second kappa shape index (κ2) is 4.77. The molecule has 16 heavy (non-hydrogen) atoms. The minimum atomic E-state index is -0.0345. The van der Waals surface area contributed by atoms with Gasteiger partial charge in [-0.2, -0.15) is 0 Å². The molecule has 0 saturated heterocycles. The first kappa shape index (κ1) is 10.6. The highest BCUT2D eigenvalue weighted by molar-refractivity contribution is 5.45. The Morgan fingerprint density at radius 3 is 2.56 bits per heavy atom. The van der Waals surface area contributed by atoms with Crippen LogP contribution >= 0.6 is 0 Å². The molecule has 4 N–H and O–H groups in total. The average Bonchev–Trinajstić information content (AvgIpc) is 2.33. The zero-order valence-corrected chi connectivity index (χ0v) is 9.01. The van der Waals surface area contributed by atoms with Crippen LogP contribution in [0.4, 0.5) is 5.69 Å². The topological polar surface area (TPSA) is 64.9 Å². The Balaban J connectivity index is 2.14. The molecule has 0 saturated carbocycles. The van der Waals surface area contributed by atoms with Gasteiger partial charge < -0.3 is 11.5 Å². The van der Waals surface area contributed by atoms with Crippen LogP contribution in [0.25, 0.3) is 0 Å². The molecule has 3 nitrogen and oxygen atoms in total. The standard InChI is InChI=1S/C13H15N3/c14-12-6-7-16-9-11(12)8-13(15)10-4-2-1-3-5-10/h1-7,9,13H,8,15H2,(H2,14,16). The van der Waals surface area contributed by atoms with Gasteiger partial charge in [0.15, 0.2) is 0 Å². The number of hydrogen-bond donors (Lipinski definition) is 2. The second-order valence-corrected chi connectivity index (χ2v) is 3.80. The maximum atomic E-state index is 6.11. The van der Waals surface area contributed by atoms with Crippen molar-refractivity contribution < 1.29 is 0 Å². The highest BCUT2D eigenvalue weighted by Gasteiger charge is 2.08. The fourth-order valence-corrected chi connectivity index (χ4v) is 1.66. The number of aromatic nitrogens is 1. The van der Waals surface area contributed by atoms with Crippen molar-refractivity contribution in [2.75, 3.05) is 5.73 Å². The molecule has 0 aliphatic rings. The molecule has 0 radical (unpaired) electrons. The molecule has 1 heterocycles. The van der Waals surface area contributed by atoms with Crippen molar-refractivity contribution in [1.29, 1.82) is 0 Å². The molecule has 1 atom stereocenters. The molecule has 0 spiro atoms. The van der Waals surface area contributed by atoms with Crippen molar-refractivity contribution in [2.24, 2.45) is 5.73 Å². The Morgan fingerprint density at radius 1 is 1.12 bits per heavy atom. The number of benzene rings is 1. The van der Waals surface area contributed by atoms with Crippen molar-refractivity contribution in [3.63, 3.8) is 0 Å². The minimum absolute atomic E-state index is 0.0345. The van der Waals surface area contributed by atoms with E-state index in [1.807, 2.05) is 30.3 Å². The molecule has 2 aromatic rings. The van der Waals surface area contributed by atoms with Gasteiger partial charge in [-0.3, -0.25) is 4.98 Å². The quantitative estimate of drug-likeness (QED) is 0.818. The lowest BCUT2D eigenvalue weighted by Gasteiger charge is -2.12. The van der Waals surface area contributed by atoms with E-state index >= 15 is 0 Å². The van der Waals surface area contributed by atoms with Gasteiger partial charge >= 0.3 is 0 Å². The van der Waals surface area contributed by atoms with Gasteiger partial charge in [-0.15, -0.1) is 0 Å². The SMILES string of the molecule is Nc1ccncc1CC(N)c1ccccc1. The van der Waals surface area contributed by atoms with Crippen LogP contribution in [0.1, 0.15) is 17.2 Å². The van der Waals surface area contributed by atoms with Gasteiger partial charge in [-0.1, -0.05) is 30.3 Å². The van der Waals surface area contributed by atoms with Gasteiger partial charge in [0, 0.05) is 24.1 Å². The Kier molecular flexibility index (Phi) is 3.17. The molecule has 0 amide bonds. The highest BCUT2D eigenvalue weighted by atomic mass is 14.7. The molecule has 82 valence electrons. The van der Waals surface area contributed by atoms with Crippen LogP contribution in [0.15, 0.2) is 48.8 Å². The van der Waals surface area contributed by atoms with Gasteiger partial charge in [0.25, 0.3) is 0 Å². The Labute approximate surface area is 95.1 Å². The van der Waals surface area contributed by atoms with E-state index in [9.17, 15) is 0 Å². The van der Waals surface area contributed by atoms with Crippen LogP contribution in [0.5, 0.6) is 0 Å². The van der Waals surface area contributed by atoms with E-state index in [4.69, 9.17) is 11.5 Å². The molecular weight excluding hydrogens is 198 g/mol. The molecule has 1 aromatic carbocycles. The summed E-state index contributed by atoms with van der Waals surface area (Å²) in [4.78, 5) is 4.06. The van der Waals surface area contributed by atoms with Crippen molar-refractivity contribution >= 4 is 5.69 Å². The molecule has 0 aliphatic heterocycles. The molecular formula is C13H15N3. The maximum Gasteiger partial charge on any atom is 0.0378 e.